The van der Waals surface area contributed by atoms with Crippen LogP contribution >= 0.6 is 0 Å². The number of nitrogens with one attached hydrogen (secondary N) is 2. The van der Waals surface area contributed by atoms with E-state index in [-0.39, 0.29) is 0 Å². The molecule has 0 saturated carbocycles. The Bertz CT molecular complexity index is 2840. The van der Waals surface area contributed by atoms with Gasteiger partial charge >= 0.3 is 0 Å². The maximum Gasteiger partial charge on any atom is 0.0710 e. The zero-order chi connectivity index (χ0) is 28.5. The first-order chi connectivity index (χ1) is 21.8. The van der Waals surface area contributed by atoms with Crippen LogP contribution in [0.3, 0.4) is 0 Å². The van der Waals surface area contributed by atoms with Crippen molar-refractivity contribution in [1.82, 2.24) is 9.97 Å². The predicted molar refractivity (Wildman–Crippen MR) is 190 cm³/mol. The average molecular weight is 557 g/mol. The number of aromatic nitrogens is 2. The number of rotatable bonds is 0. The van der Waals surface area contributed by atoms with Crippen LogP contribution in [-0.2, 0) is 0 Å². The van der Waals surface area contributed by atoms with Gasteiger partial charge in [-0.2, -0.15) is 0 Å². The number of fused-ring (bicyclic) bond motifs is 19. The highest BCUT2D eigenvalue weighted by Crippen LogP contribution is 2.42. The Kier molecular flexibility index (Phi) is 4.10. The molecule has 2 heterocycles. The summed E-state index contributed by atoms with van der Waals surface area (Å²) in [5.74, 6) is 0. The molecule has 0 aliphatic rings. The van der Waals surface area contributed by atoms with Crippen LogP contribution in [-0.4, -0.2) is 9.97 Å². The molecule has 202 valence electrons. The summed E-state index contributed by atoms with van der Waals surface area (Å²) in [5, 5.41) is 20.6. The van der Waals surface area contributed by atoms with E-state index in [1.807, 2.05) is 0 Å². The number of benzene rings is 9. The van der Waals surface area contributed by atoms with Crippen molar-refractivity contribution in [3.63, 3.8) is 0 Å². The third-order valence-corrected chi connectivity index (χ3v) is 10.1. The molecule has 0 bridgehead atoms. The SMILES string of the molecule is c1ccc2c(c1)c1ccccc1c1cc3c(cc21)[nH]c1c3ccc2c3cc4c5ccccc5c5ccccc5c4cc3[nH]c21. The summed E-state index contributed by atoms with van der Waals surface area (Å²) in [6.07, 6.45) is 0. The van der Waals surface area contributed by atoms with E-state index in [2.05, 4.69) is 143 Å². The third kappa shape index (κ3) is 2.76. The molecule has 2 aromatic heterocycles. The molecule has 0 aliphatic heterocycles. The summed E-state index contributed by atoms with van der Waals surface area (Å²) in [7, 11) is 0. The molecular weight excluding hydrogens is 532 g/mol. The van der Waals surface area contributed by atoms with Gasteiger partial charge < -0.3 is 9.97 Å². The van der Waals surface area contributed by atoms with Crippen molar-refractivity contribution in [2.45, 2.75) is 0 Å². The van der Waals surface area contributed by atoms with Crippen molar-refractivity contribution in [3.8, 4) is 0 Å². The molecule has 0 amide bonds. The molecule has 0 fully saturated rings. The molecule has 9 aromatic carbocycles. The van der Waals surface area contributed by atoms with E-state index in [1.165, 1.54) is 97.2 Å². The number of hydrogen-bond acceptors (Lipinski definition) is 0. The second-order valence-corrected chi connectivity index (χ2v) is 12.2. The van der Waals surface area contributed by atoms with Crippen molar-refractivity contribution in [1.29, 1.82) is 0 Å². The fraction of sp³-hybridized carbons (Fsp3) is 0. The molecule has 11 rings (SSSR count). The first-order valence-electron chi connectivity index (χ1n) is 15.3. The molecule has 2 nitrogen and oxygen atoms in total. The molecule has 0 radical (unpaired) electrons. The molecule has 0 unspecified atom stereocenters. The second-order valence-electron chi connectivity index (χ2n) is 12.2. The fourth-order valence-corrected chi connectivity index (χ4v) is 8.14. The molecule has 0 saturated heterocycles. The maximum absolute atomic E-state index is 3.86. The van der Waals surface area contributed by atoms with E-state index < -0.39 is 0 Å². The van der Waals surface area contributed by atoms with E-state index in [9.17, 15) is 0 Å². The maximum atomic E-state index is 3.86. The Balaban J connectivity index is 1.27. The minimum absolute atomic E-state index is 1.16. The highest BCUT2D eigenvalue weighted by Gasteiger charge is 2.17. The Morgan fingerprint density at radius 2 is 0.500 bits per heavy atom. The zero-order valence-electron chi connectivity index (χ0n) is 23.7. The second kappa shape index (κ2) is 7.94. The third-order valence-electron chi connectivity index (χ3n) is 10.1. The topological polar surface area (TPSA) is 31.6 Å². The first kappa shape index (κ1) is 22.7. The molecule has 11 aromatic rings. The molecule has 0 aliphatic carbocycles. The van der Waals surface area contributed by atoms with E-state index >= 15 is 0 Å². The van der Waals surface area contributed by atoms with Gasteiger partial charge in [0, 0.05) is 32.6 Å². The Morgan fingerprint density at radius 3 is 0.818 bits per heavy atom. The minimum atomic E-state index is 1.16. The van der Waals surface area contributed by atoms with Gasteiger partial charge in [-0.3, -0.25) is 0 Å². The molecule has 44 heavy (non-hydrogen) atoms. The van der Waals surface area contributed by atoms with Crippen LogP contribution in [0.15, 0.2) is 133 Å². The highest BCUT2D eigenvalue weighted by molar-refractivity contribution is 6.32. The van der Waals surface area contributed by atoms with Crippen LogP contribution in [0.1, 0.15) is 0 Å². The predicted octanol–water partition coefficient (Wildman–Crippen LogP) is 11.9. The molecular formula is C42H24N2. The van der Waals surface area contributed by atoms with Crippen LogP contribution in [0.5, 0.6) is 0 Å². The van der Waals surface area contributed by atoms with Gasteiger partial charge in [-0.15, -0.1) is 0 Å². The van der Waals surface area contributed by atoms with E-state index in [4.69, 9.17) is 0 Å². The van der Waals surface area contributed by atoms with Crippen molar-refractivity contribution in [2.75, 3.05) is 0 Å². The summed E-state index contributed by atoms with van der Waals surface area (Å²) in [6.45, 7) is 0. The van der Waals surface area contributed by atoms with Gasteiger partial charge in [0.2, 0.25) is 0 Å². The van der Waals surface area contributed by atoms with E-state index in [0.29, 0.717) is 0 Å². The summed E-state index contributed by atoms with van der Waals surface area (Å²) in [6, 6.07) is 49.4. The smallest absolute Gasteiger partial charge is 0.0710 e. The van der Waals surface area contributed by atoms with Gasteiger partial charge in [0.05, 0.1) is 11.0 Å². The monoisotopic (exact) mass is 556 g/mol. The molecule has 0 spiro atoms. The lowest BCUT2D eigenvalue weighted by Crippen LogP contribution is -1.83. The van der Waals surface area contributed by atoms with Crippen molar-refractivity contribution >= 4 is 108 Å². The van der Waals surface area contributed by atoms with Crippen LogP contribution in [0.2, 0.25) is 0 Å². The summed E-state index contributed by atoms with van der Waals surface area (Å²) < 4.78 is 0. The standard InChI is InChI=1S/C42H24N2/c1-5-13-27-23(9-1)25-11-3-7-15-29(25)35-21-39-37(19-33(27)35)31-17-18-32-38-20-34-28-14-6-2-10-24(28)26-12-4-8-16-30(26)36(34)22-40(38)44-42(32)41(31)43-39/h1-22,43-44H. The van der Waals surface area contributed by atoms with Crippen LogP contribution in [0.25, 0.3) is 108 Å². The first-order valence-corrected chi connectivity index (χ1v) is 15.3. The normalized spacial score (nSPS) is 12.5. The Hall–Kier alpha value is -5.86. The van der Waals surface area contributed by atoms with Gasteiger partial charge in [-0.1, -0.05) is 109 Å². The van der Waals surface area contributed by atoms with Crippen LogP contribution in [0, 0.1) is 0 Å². The zero-order valence-corrected chi connectivity index (χ0v) is 23.7. The largest absolute Gasteiger partial charge is 0.353 e. The number of hydrogen-bond donors (Lipinski definition) is 2. The Morgan fingerprint density at radius 1 is 0.227 bits per heavy atom. The van der Waals surface area contributed by atoms with Crippen molar-refractivity contribution < 1.29 is 0 Å². The van der Waals surface area contributed by atoms with Gasteiger partial charge in [-0.05, 0) is 88.9 Å². The summed E-state index contributed by atoms with van der Waals surface area (Å²) >= 11 is 0. The lowest BCUT2D eigenvalue weighted by Gasteiger charge is -2.10. The van der Waals surface area contributed by atoms with Gasteiger partial charge in [0.15, 0.2) is 0 Å². The molecule has 2 N–H and O–H groups in total. The van der Waals surface area contributed by atoms with Crippen molar-refractivity contribution in [2.24, 2.45) is 0 Å². The lowest BCUT2D eigenvalue weighted by atomic mass is 9.93. The highest BCUT2D eigenvalue weighted by atomic mass is 14.8. The fourth-order valence-electron chi connectivity index (χ4n) is 8.14. The number of aromatic amines is 2. The summed E-state index contributed by atoms with van der Waals surface area (Å²) in [5.41, 5.74) is 4.66. The van der Waals surface area contributed by atoms with Crippen molar-refractivity contribution in [3.05, 3.63) is 133 Å². The quantitative estimate of drug-likeness (QED) is 0.174. The minimum Gasteiger partial charge on any atom is -0.353 e. The van der Waals surface area contributed by atoms with E-state index in [1.54, 1.807) is 0 Å². The average Bonchev–Trinajstić information content (AvgIpc) is 3.64. The number of H-pyrrole nitrogens is 2. The molecule has 0 atom stereocenters. The van der Waals surface area contributed by atoms with Gasteiger partial charge in [0.1, 0.15) is 0 Å². The lowest BCUT2D eigenvalue weighted by molar-refractivity contribution is 1.52. The van der Waals surface area contributed by atoms with Crippen LogP contribution in [0.4, 0.5) is 0 Å². The van der Waals surface area contributed by atoms with E-state index in [0.717, 1.165) is 11.0 Å². The van der Waals surface area contributed by atoms with Crippen LogP contribution < -0.4 is 0 Å². The molecule has 2 heteroatoms. The van der Waals surface area contributed by atoms with Gasteiger partial charge in [-0.25, -0.2) is 0 Å². The summed E-state index contributed by atoms with van der Waals surface area (Å²) in [4.78, 5) is 7.71. The Labute approximate surface area is 251 Å². The van der Waals surface area contributed by atoms with Gasteiger partial charge in [0.25, 0.3) is 0 Å².